The summed E-state index contributed by atoms with van der Waals surface area (Å²) in [6, 6.07) is 7.01. The first-order chi connectivity index (χ1) is 12.0. The van der Waals surface area contributed by atoms with Crippen molar-refractivity contribution in [3.05, 3.63) is 29.8 Å². The summed E-state index contributed by atoms with van der Waals surface area (Å²) in [7, 11) is 1.62. The van der Waals surface area contributed by atoms with Crippen LogP contribution in [0.2, 0.25) is 0 Å². The molecule has 7 nitrogen and oxygen atoms in total. The number of nitrogens with zero attached hydrogens (tertiary/aromatic N) is 1. The van der Waals surface area contributed by atoms with Crippen LogP contribution in [0.1, 0.15) is 19.4 Å². The molecule has 1 aliphatic rings. The fourth-order valence-electron chi connectivity index (χ4n) is 2.99. The number of carbonyl (C=O) groups excluding carboxylic acids is 2. The number of anilines is 1. The zero-order valence-corrected chi connectivity index (χ0v) is 15.3. The van der Waals surface area contributed by atoms with Gasteiger partial charge in [-0.25, -0.2) is 4.79 Å². The van der Waals surface area contributed by atoms with Crippen molar-refractivity contribution in [2.45, 2.75) is 39.0 Å². The monoisotopic (exact) mass is 348 g/mol. The van der Waals surface area contributed by atoms with Gasteiger partial charge in [0.2, 0.25) is 5.91 Å². The van der Waals surface area contributed by atoms with Gasteiger partial charge in [0.25, 0.3) is 0 Å². The van der Waals surface area contributed by atoms with Crippen LogP contribution in [0.3, 0.4) is 0 Å². The van der Waals surface area contributed by atoms with Crippen LogP contribution in [0, 0.1) is 6.92 Å². The van der Waals surface area contributed by atoms with Gasteiger partial charge in [-0.1, -0.05) is 18.2 Å². The molecule has 25 heavy (non-hydrogen) atoms. The van der Waals surface area contributed by atoms with Gasteiger partial charge in [-0.05, 0) is 32.4 Å². The third-order valence-electron chi connectivity index (χ3n) is 4.58. The van der Waals surface area contributed by atoms with Crippen LogP contribution in [0.5, 0.6) is 0 Å². The molecule has 3 N–H and O–H groups in total. The normalized spacial score (nSPS) is 21.6. The third-order valence-corrected chi connectivity index (χ3v) is 4.58. The second-order valence-corrected chi connectivity index (χ2v) is 6.32. The molecule has 1 aromatic rings. The predicted octanol–water partition coefficient (Wildman–Crippen LogP) is 1.34. The van der Waals surface area contributed by atoms with Crippen molar-refractivity contribution in [3.8, 4) is 0 Å². The van der Waals surface area contributed by atoms with Crippen molar-refractivity contribution in [1.29, 1.82) is 0 Å². The van der Waals surface area contributed by atoms with Crippen molar-refractivity contribution in [3.63, 3.8) is 0 Å². The number of nitrogens with one attached hydrogen (secondary N) is 3. The lowest BCUT2D eigenvalue weighted by atomic mass is 10.2. The van der Waals surface area contributed by atoms with E-state index in [1.807, 2.05) is 49.9 Å². The number of rotatable bonds is 6. The lowest BCUT2D eigenvalue weighted by molar-refractivity contribution is -0.120. The summed E-state index contributed by atoms with van der Waals surface area (Å²) in [6.07, 6.45) is -0.142. The summed E-state index contributed by atoms with van der Waals surface area (Å²) in [5.74, 6) is -0.0668. The topological polar surface area (TPSA) is 82.7 Å². The SMILES string of the molecule is CCNC(=O)NC1CN(C(C)C(=O)Nc2ccccc2C)C[C@H]1OC. The fourth-order valence-corrected chi connectivity index (χ4v) is 2.99. The number of para-hydroxylation sites is 1. The Hall–Kier alpha value is -2.12. The van der Waals surface area contributed by atoms with Crippen LogP contribution in [-0.4, -0.2) is 61.8 Å². The summed E-state index contributed by atoms with van der Waals surface area (Å²) in [4.78, 5) is 26.4. The van der Waals surface area contributed by atoms with Crippen LogP contribution >= 0.6 is 0 Å². The Bertz CT molecular complexity index is 608. The second-order valence-electron chi connectivity index (χ2n) is 6.32. The molecule has 2 rings (SSSR count). The molecular weight excluding hydrogens is 320 g/mol. The third kappa shape index (κ3) is 4.93. The van der Waals surface area contributed by atoms with Crippen molar-refractivity contribution >= 4 is 17.6 Å². The van der Waals surface area contributed by atoms with Gasteiger partial charge in [0.15, 0.2) is 0 Å². The number of methoxy groups -OCH3 is 1. The van der Waals surface area contributed by atoms with Gasteiger partial charge in [0.1, 0.15) is 0 Å². The molecule has 2 unspecified atom stereocenters. The van der Waals surface area contributed by atoms with Gasteiger partial charge in [-0.2, -0.15) is 0 Å². The molecule has 7 heteroatoms. The van der Waals surface area contributed by atoms with Gasteiger partial charge < -0.3 is 20.7 Å². The van der Waals surface area contributed by atoms with E-state index in [1.165, 1.54) is 0 Å². The maximum Gasteiger partial charge on any atom is 0.315 e. The largest absolute Gasteiger partial charge is 0.378 e. The summed E-state index contributed by atoms with van der Waals surface area (Å²) >= 11 is 0. The predicted molar refractivity (Wildman–Crippen MR) is 97.6 cm³/mol. The summed E-state index contributed by atoms with van der Waals surface area (Å²) < 4.78 is 5.48. The first-order valence-electron chi connectivity index (χ1n) is 8.64. The highest BCUT2D eigenvalue weighted by molar-refractivity contribution is 5.95. The Kier molecular flexibility index (Phi) is 6.78. The Balaban J connectivity index is 1.97. The van der Waals surface area contributed by atoms with Crippen molar-refractivity contribution < 1.29 is 14.3 Å². The number of urea groups is 1. The van der Waals surface area contributed by atoms with E-state index < -0.39 is 0 Å². The lowest BCUT2D eigenvalue weighted by Crippen LogP contribution is -2.48. The number of hydrogen-bond donors (Lipinski definition) is 3. The molecule has 0 aromatic heterocycles. The Labute approximate surface area is 149 Å². The molecule has 1 aliphatic heterocycles. The molecule has 1 heterocycles. The average molecular weight is 348 g/mol. The number of hydrogen-bond acceptors (Lipinski definition) is 4. The van der Waals surface area contributed by atoms with E-state index in [0.29, 0.717) is 19.6 Å². The second kappa shape index (κ2) is 8.82. The van der Waals surface area contributed by atoms with Crippen molar-refractivity contribution in [2.75, 3.05) is 32.1 Å². The molecule has 1 aromatic carbocycles. The average Bonchev–Trinajstić information content (AvgIpc) is 2.99. The first-order valence-corrected chi connectivity index (χ1v) is 8.64. The molecule has 3 atom stereocenters. The highest BCUT2D eigenvalue weighted by Gasteiger charge is 2.37. The molecule has 1 fully saturated rings. The minimum Gasteiger partial charge on any atom is -0.378 e. The number of amides is 3. The number of likely N-dealkylation sites (tertiary alicyclic amines) is 1. The molecular formula is C18H28N4O3. The summed E-state index contributed by atoms with van der Waals surface area (Å²) in [5.41, 5.74) is 1.84. The molecule has 0 bridgehead atoms. The number of carbonyl (C=O) groups is 2. The molecule has 0 aliphatic carbocycles. The van der Waals surface area contributed by atoms with Crippen LogP contribution in [-0.2, 0) is 9.53 Å². The molecule has 3 amide bonds. The van der Waals surface area contributed by atoms with E-state index in [2.05, 4.69) is 16.0 Å². The fraction of sp³-hybridized carbons (Fsp3) is 0.556. The summed E-state index contributed by atoms with van der Waals surface area (Å²) in [5, 5.41) is 8.61. The zero-order chi connectivity index (χ0) is 18.4. The van der Waals surface area contributed by atoms with Crippen LogP contribution < -0.4 is 16.0 Å². The van der Waals surface area contributed by atoms with Crippen LogP contribution in [0.4, 0.5) is 10.5 Å². The van der Waals surface area contributed by atoms with Gasteiger partial charge in [-0.3, -0.25) is 9.69 Å². The number of benzene rings is 1. The van der Waals surface area contributed by atoms with Crippen LogP contribution in [0.25, 0.3) is 0 Å². The highest BCUT2D eigenvalue weighted by Crippen LogP contribution is 2.19. The molecule has 138 valence electrons. The summed E-state index contributed by atoms with van der Waals surface area (Å²) in [6.45, 7) is 7.42. The minimum absolute atomic E-state index is 0.0668. The maximum absolute atomic E-state index is 12.6. The van der Waals surface area contributed by atoms with Crippen molar-refractivity contribution in [2.24, 2.45) is 0 Å². The van der Waals surface area contributed by atoms with Gasteiger partial charge in [-0.15, -0.1) is 0 Å². The Morgan fingerprint density at radius 2 is 2.04 bits per heavy atom. The van der Waals surface area contributed by atoms with Crippen molar-refractivity contribution in [1.82, 2.24) is 15.5 Å². The number of ether oxygens (including phenoxy) is 1. The minimum atomic E-state index is -0.321. The number of aryl methyl sites for hydroxylation is 1. The van der Waals surface area contributed by atoms with Gasteiger partial charge in [0.05, 0.1) is 18.2 Å². The Morgan fingerprint density at radius 1 is 1.32 bits per heavy atom. The Morgan fingerprint density at radius 3 is 2.68 bits per heavy atom. The first kappa shape index (κ1) is 19.2. The van der Waals surface area contributed by atoms with Gasteiger partial charge >= 0.3 is 6.03 Å². The standard InChI is InChI=1S/C18H28N4O3/c1-5-19-18(24)21-15-10-22(11-16(15)25-4)13(3)17(23)20-14-9-7-6-8-12(14)2/h6-9,13,15-16H,5,10-11H2,1-4H3,(H,20,23)(H2,19,21,24)/t13?,15?,16-/m1/s1. The lowest BCUT2D eigenvalue weighted by Gasteiger charge is -2.23. The molecule has 0 radical (unpaired) electrons. The van der Waals surface area contributed by atoms with E-state index in [-0.39, 0.29) is 30.1 Å². The van der Waals surface area contributed by atoms with Gasteiger partial charge in [0, 0.05) is 32.4 Å². The van der Waals surface area contributed by atoms with E-state index in [0.717, 1.165) is 11.3 Å². The van der Waals surface area contributed by atoms with E-state index >= 15 is 0 Å². The van der Waals surface area contributed by atoms with E-state index in [1.54, 1.807) is 7.11 Å². The maximum atomic E-state index is 12.6. The van der Waals surface area contributed by atoms with E-state index in [4.69, 9.17) is 4.74 Å². The quantitative estimate of drug-likeness (QED) is 0.724. The highest BCUT2D eigenvalue weighted by atomic mass is 16.5. The molecule has 1 saturated heterocycles. The molecule has 0 spiro atoms. The zero-order valence-electron chi connectivity index (χ0n) is 15.3. The van der Waals surface area contributed by atoms with Crippen LogP contribution in [0.15, 0.2) is 24.3 Å². The smallest absolute Gasteiger partial charge is 0.315 e. The molecule has 0 saturated carbocycles. The van der Waals surface area contributed by atoms with E-state index in [9.17, 15) is 9.59 Å².